The van der Waals surface area contributed by atoms with Gasteiger partial charge in [-0.2, -0.15) is 0 Å². The zero-order valence-electron chi connectivity index (χ0n) is 13.7. The fourth-order valence-electron chi connectivity index (χ4n) is 2.50. The molecule has 0 bridgehead atoms. The molecule has 0 aliphatic heterocycles. The molecule has 0 saturated heterocycles. The van der Waals surface area contributed by atoms with Crippen molar-refractivity contribution in [3.8, 4) is 0 Å². The number of thiazole rings is 1. The van der Waals surface area contributed by atoms with Crippen LogP contribution >= 0.6 is 22.7 Å². The highest BCUT2D eigenvalue weighted by molar-refractivity contribution is 7.12. The molecule has 0 radical (unpaired) electrons. The number of carbonyl (C=O) groups is 1. The third-order valence-corrected chi connectivity index (χ3v) is 5.64. The summed E-state index contributed by atoms with van der Waals surface area (Å²) in [7, 11) is 1.83. The molecular formula is C16H23N3OS2. The monoisotopic (exact) mass is 337 g/mol. The Morgan fingerprint density at radius 2 is 2.14 bits per heavy atom. The van der Waals surface area contributed by atoms with Crippen LogP contribution in [-0.2, 0) is 0 Å². The summed E-state index contributed by atoms with van der Waals surface area (Å²) in [4.78, 5) is 20.9. The molecule has 120 valence electrons. The van der Waals surface area contributed by atoms with Crippen molar-refractivity contribution in [1.82, 2.24) is 15.2 Å². The molecular weight excluding hydrogens is 314 g/mol. The summed E-state index contributed by atoms with van der Waals surface area (Å²) in [5.41, 5.74) is 1.21. The summed E-state index contributed by atoms with van der Waals surface area (Å²) in [5.74, 6) is 0.246. The van der Waals surface area contributed by atoms with Gasteiger partial charge in [-0.15, -0.1) is 22.7 Å². The van der Waals surface area contributed by atoms with Crippen LogP contribution < -0.4 is 5.32 Å². The van der Waals surface area contributed by atoms with Gasteiger partial charge in [-0.1, -0.05) is 6.92 Å². The average molecular weight is 338 g/mol. The molecule has 0 aliphatic rings. The zero-order valence-corrected chi connectivity index (χ0v) is 15.3. The van der Waals surface area contributed by atoms with Crippen LogP contribution in [0.1, 0.15) is 46.1 Å². The standard InChI is InChI=1S/C16H23N3OS2/c1-10(15-17-6-7-21-15)9-19(5)16(20)18-12(3)14-8-11(2)22-13(14)4/h6-8,10,12H,9H2,1-5H3,(H,18,20)/t10-,12-/m1/s1. The Kier molecular flexibility index (Phi) is 5.58. The molecule has 0 aliphatic carbocycles. The van der Waals surface area contributed by atoms with Crippen molar-refractivity contribution in [3.63, 3.8) is 0 Å². The van der Waals surface area contributed by atoms with Crippen molar-refractivity contribution in [2.24, 2.45) is 0 Å². The van der Waals surface area contributed by atoms with Gasteiger partial charge in [0.05, 0.1) is 11.0 Å². The molecule has 0 spiro atoms. The smallest absolute Gasteiger partial charge is 0.317 e. The first kappa shape index (κ1) is 17.0. The molecule has 2 aromatic heterocycles. The highest BCUT2D eigenvalue weighted by Crippen LogP contribution is 2.26. The minimum Gasteiger partial charge on any atom is -0.331 e. The van der Waals surface area contributed by atoms with E-state index in [1.54, 1.807) is 33.8 Å². The first-order valence-corrected chi connectivity index (χ1v) is 9.06. The SMILES string of the molecule is Cc1cc([C@@H](C)NC(=O)N(C)C[C@@H](C)c2nccs2)c(C)s1. The fourth-order valence-corrected chi connectivity index (χ4v) is 4.22. The molecule has 2 atom stereocenters. The van der Waals surface area contributed by atoms with Crippen LogP contribution in [0.4, 0.5) is 4.79 Å². The summed E-state index contributed by atoms with van der Waals surface area (Å²) in [6.07, 6.45) is 1.81. The van der Waals surface area contributed by atoms with Crippen LogP contribution in [-0.4, -0.2) is 29.5 Å². The highest BCUT2D eigenvalue weighted by Gasteiger charge is 2.19. The van der Waals surface area contributed by atoms with Crippen LogP contribution in [0.25, 0.3) is 0 Å². The lowest BCUT2D eigenvalue weighted by Gasteiger charge is -2.23. The van der Waals surface area contributed by atoms with Crippen molar-refractivity contribution in [2.75, 3.05) is 13.6 Å². The van der Waals surface area contributed by atoms with Gasteiger partial charge in [-0.25, -0.2) is 9.78 Å². The Morgan fingerprint density at radius 1 is 1.41 bits per heavy atom. The molecule has 0 aromatic carbocycles. The van der Waals surface area contributed by atoms with E-state index < -0.39 is 0 Å². The Bertz CT molecular complexity index is 621. The summed E-state index contributed by atoms with van der Waals surface area (Å²) in [6, 6.07) is 2.14. The van der Waals surface area contributed by atoms with Gasteiger partial charge in [-0.3, -0.25) is 0 Å². The Hall–Kier alpha value is -1.40. The van der Waals surface area contributed by atoms with E-state index in [4.69, 9.17) is 0 Å². The first-order valence-electron chi connectivity index (χ1n) is 7.36. The maximum absolute atomic E-state index is 12.4. The summed E-state index contributed by atoms with van der Waals surface area (Å²) >= 11 is 3.40. The second kappa shape index (κ2) is 7.24. The number of carbonyl (C=O) groups excluding carboxylic acids is 1. The van der Waals surface area contributed by atoms with Crippen molar-refractivity contribution >= 4 is 28.7 Å². The van der Waals surface area contributed by atoms with Crippen molar-refractivity contribution in [2.45, 2.75) is 39.7 Å². The van der Waals surface area contributed by atoms with Crippen LogP contribution in [0, 0.1) is 13.8 Å². The molecule has 2 heterocycles. The Labute approximate surface area is 140 Å². The fraction of sp³-hybridized carbons (Fsp3) is 0.500. The van der Waals surface area contributed by atoms with Gasteiger partial charge in [0.2, 0.25) is 0 Å². The number of aryl methyl sites for hydroxylation is 2. The van der Waals surface area contributed by atoms with E-state index in [0.717, 1.165) is 5.01 Å². The van der Waals surface area contributed by atoms with Gasteiger partial charge in [0.15, 0.2) is 0 Å². The van der Waals surface area contributed by atoms with E-state index >= 15 is 0 Å². The molecule has 2 aromatic rings. The summed E-state index contributed by atoms with van der Waals surface area (Å²) in [5, 5.41) is 6.11. The van der Waals surface area contributed by atoms with Gasteiger partial charge < -0.3 is 10.2 Å². The Morgan fingerprint density at radius 3 is 2.68 bits per heavy atom. The predicted octanol–water partition coefficient (Wildman–Crippen LogP) is 4.33. The number of hydrogen-bond acceptors (Lipinski definition) is 4. The van der Waals surface area contributed by atoms with Gasteiger partial charge in [0.25, 0.3) is 0 Å². The van der Waals surface area contributed by atoms with Gasteiger partial charge in [0, 0.05) is 40.8 Å². The van der Waals surface area contributed by atoms with Crippen molar-refractivity contribution < 1.29 is 4.79 Å². The first-order chi connectivity index (χ1) is 10.4. The summed E-state index contributed by atoms with van der Waals surface area (Å²) < 4.78 is 0. The Balaban J connectivity index is 1.92. The van der Waals surface area contributed by atoms with Gasteiger partial charge >= 0.3 is 6.03 Å². The molecule has 6 heteroatoms. The molecule has 2 amide bonds. The van der Waals surface area contributed by atoms with E-state index in [1.807, 2.05) is 19.4 Å². The molecule has 0 fully saturated rings. The largest absolute Gasteiger partial charge is 0.331 e. The van der Waals surface area contributed by atoms with E-state index in [2.05, 4.69) is 37.1 Å². The van der Waals surface area contributed by atoms with Crippen molar-refractivity contribution in [3.05, 3.63) is 38.0 Å². The van der Waals surface area contributed by atoms with E-state index in [-0.39, 0.29) is 18.0 Å². The van der Waals surface area contributed by atoms with Gasteiger partial charge in [-0.05, 0) is 32.4 Å². The maximum Gasteiger partial charge on any atom is 0.317 e. The number of urea groups is 1. The lowest BCUT2D eigenvalue weighted by Crippen LogP contribution is -2.40. The minimum absolute atomic E-state index is 0.0232. The van der Waals surface area contributed by atoms with E-state index in [0.29, 0.717) is 6.54 Å². The second-order valence-electron chi connectivity index (χ2n) is 5.69. The topological polar surface area (TPSA) is 45.2 Å². The van der Waals surface area contributed by atoms with Crippen LogP contribution in [0.5, 0.6) is 0 Å². The highest BCUT2D eigenvalue weighted by atomic mass is 32.1. The molecule has 22 heavy (non-hydrogen) atoms. The third kappa shape index (κ3) is 4.08. The van der Waals surface area contributed by atoms with Crippen LogP contribution in [0.3, 0.4) is 0 Å². The van der Waals surface area contributed by atoms with Gasteiger partial charge in [0.1, 0.15) is 0 Å². The average Bonchev–Trinajstić information content (AvgIpc) is 3.08. The lowest BCUT2D eigenvalue weighted by molar-refractivity contribution is 0.203. The number of aromatic nitrogens is 1. The quantitative estimate of drug-likeness (QED) is 0.883. The van der Waals surface area contributed by atoms with Crippen molar-refractivity contribution in [1.29, 1.82) is 0 Å². The number of rotatable bonds is 5. The molecule has 4 nitrogen and oxygen atoms in total. The normalized spacial score (nSPS) is 13.7. The molecule has 0 unspecified atom stereocenters. The van der Waals surface area contributed by atoms with Crippen LogP contribution in [0.2, 0.25) is 0 Å². The predicted molar refractivity (Wildman–Crippen MR) is 93.9 cm³/mol. The number of hydrogen-bond donors (Lipinski definition) is 1. The third-order valence-electron chi connectivity index (χ3n) is 3.65. The summed E-state index contributed by atoms with van der Waals surface area (Å²) in [6.45, 7) is 8.98. The van der Waals surface area contributed by atoms with Crippen LogP contribution in [0.15, 0.2) is 17.6 Å². The number of nitrogens with one attached hydrogen (secondary N) is 1. The second-order valence-corrected chi connectivity index (χ2v) is 8.08. The molecule has 2 rings (SSSR count). The van der Waals surface area contributed by atoms with E-state index in [1.165, 1.54) is 15.3 Å². The van der Waals surface area contributed by atoms with E-state index in [9.17, 15) is 4.79 Å². The molecule has 1 N–H and O–H groups in total. The minimum atomic E-state index is -0.0424. The lowest BCUT2D eigenvalue weighted by atomic mass is 10.1. The number of amides is 2. The molecule has 0 saturated carbocycles. The number of nitrogens with zero attached hydrogens (tertiary/aromatic N) is 2. The zero-order chi connectivity index (χ0) is 16.3. The number of likely N-dealkylation sites (N-methyl/N-ethyl adjacent to an activating group) is 1. The number of thiophene rings is 1. The maximum atomic E-state index is 12.4.